The molecule has 0 aliphatic carbocycles. The van der Waals surface area contributed by atoms with Crippen molar-refractivity contribution in [2.45, 2.75) is 13.2 Å². The van der Waals surface area contributed by atoms with E-state index in [2.05, 4.69) is 6.07 Å². The molecule has 0 radical (unpaired) electrons. The van der Waals surface area contributed by atoms with E-state index in [9.17, 15) is 0 Å². The average Bonchev–Trinajstić information content (AvgIpc) is 2.42. The SMILES string of the molecule is N#Cc1ccc(COCc2ccccc2Cl)cc1. The standard InChI is InChI=1S/C15H12ClNO/c16-15-4-2-1-3-14(15)11-18-10-13-7-5-12(9-17)6-8-13/h1-8H,10-11H2. The summed E-state index contributed by atoms with van der Waals surface area (Å²) in [6.45, 7) is 0.997. The fourth-order valence-electron chi connectivity index (χ4n) is 1.57. The van der Waals surface area contributed by atoms with Crippen LogP contribution in [-0.2, 0) is 18.0 Å². The summed E-state index contributed by atoms with van der Waals surface area (Å²) in [4.78, 5) is 0. The van der Waals surface area contributed by atoms with Crippen LogP contribution in [0.2, 0.25) is 5.02 Å². The molecule has 90 valence electrons. The van der Waals surface area contributed by atoms with E-state index >= 15 is 0 Å². The van der Waals surface area contributed by atoms with Crippen molar-refractivity contribution < 1.29 is 4.74 Å². The highest BCUT2D eigenvalue weighted by Crippen LogP contribution is 2.16. The molecule has 0 fully saturated rings. The van der Waals surface area contributed by atoms with Gasteiger partial charge in [-0.05, 0) is 29.3 Å². The molecule has 2 aromatic rings. The quantitative estimate of drug-likeness (QED) is 0.831. The zero-order valence-electron chi connectivity index (χ0n) is 9.77. The first-order valence-electron chi connectivity index (χ1n) is 5.60. The number of benzene rings is 2. The van der Waals surface area contributed by atoms with Gasteiger partial charge in [-0.1, -0.05) is 41.9 Å². The summed E-state index contributed by atoms with van der Waals surface area (Å²) in [7, 11) is 0. The normalized spacial score (nSPS) is 10.0. The van der Waals surface area contributed by atoms with Gasteiger partial charge in [0.15, 0.2) is 0 Å². The van der Waals surface area contributed by atoms with Crippen molar-refractivity contribution >= 4 is 11.6 Å². The van der Waals surface area contributed by atoms with Crippen molar-refractivity contribution in [3.8, 4) is 6.07 Å². The Balaban J connectivity index is 1.89. The van der Waals surface area contributed by atoms with Crippen LogP contribution in [-0.4, -0.2) is 0 Å². The zero-order chi connectivity index (χ0) is 12.8. The molecule has 0 aliphatic heterocycles. The maximum atomic E-state index is 8.69. The van der Waals surface area contributed by atoms with Crippen molar-refractivity contribution in [2.24, 2.45) is 0 Å². The van der Waals surface area contributed by atoms with E-state index in [1.165, 1.54) is 0 Å². The number of rotatable bonds is 4. The van der Waals surface area contributed by atoms with Gasteiger partial charge in [0.05, 0.1) is 24.8 Å². The Labute approximate surface area is 111 Å². The first-order chi connectivity index (χ1) is 8.79. The molecular weight excluding hydrogens is 246 g/mol. The molecule has 0 bridgehead atoms. The lowest BCUT2D eigenvalue weighted by molar-refractivity contribution is 0.107. The van der Waals surface area contributed by atoms with Gasteiger partial charge in [0.2, 0.25) is 0 Å². The zero-order valence-corrected chi connectivity index (χ0v) is 10.5. The molecule has 3 heteroatoms. The Kier molecular flexibility index (Phi) is 4.35. The van der Waals surface area contributed by atoms with Crippen molar-refractivity contribution in [1.29, 1.82) is 5.26 Å². The fourth-order valence-corrected chi connectivity index (χ4v) is 1.76. The van der Waals surface area contributed by atoms with Crippen LogP contribution in [0.15, 0.2) is 48.5 Å². The lowest BCUT2D eigenvalue weighted by Gasteiger charge is -2.06. The van der Waals surface area contributed by atoms with Crippen LogP contribution < -0.4 is 0 Å². The Morgan fingerprint density at radius 2 is 1.72 bits per heavy atom. The predicted octanol–water partition coefficient (Wildman–Crippen LogP) is 3.93. The molecule has 0 saturated carbocycles. The second kappa shape index (κ2) is 6.20. The van der Waals surface area contributed by atoms with E-state index in [1.54, 1.807) is 12.1 Å². The van der Waals surface area contributed by atoms with Gasteiger partial charge in [-0.15, -0.1) is 0 Å². The minimum Gasteiger partial charge on any atom is -0.372 e. The van der Waals surface area contributed by atoms with Gasteiger partial charge in [-0.25, -0.2) is 0 Å². The van der Waals surface area contributed by atoms with Crippen LogP contribution in [0, 0.1) is 11.3 Å². The van der Waals surface area contributed by atoms with Crippen molar-refractivity contribution in [3.63, 3.8) is 0 Å². The molecule has 0 aromatic heterocycles. The molecule has 0 spiro atoms. The fraction of sp³-hybridized carbons (Fsp3) is 0.133. The van der Waals surface area contributed by atoms with E-state index in [4.69, 9.17) is 21.6 Å². The molecule has 0 amide bonds. The number of halogens is 1. The van der Waals surface area contributed by atoms with E-state index in [0.29, 0.717) is 18.8 Å². The molecule has 0 unspecified atom stereocenters. The summed E-state index contributed by atoms with van der Waals surface area (Å²) in [6, 6.07) is 17.1. The van der Waals surface area contributed by atoms with Gasteiger partial charge in [0, 0.05) is 5.02 Å². The third-order valence-electron chi connectivity index (χ3n) is 2.57. The van der Waals surface area contributed by atoms with Crippen molar-refractivity contribution in [2.75, 3.05) is 0 Å². The lowest BCUT2D eigenvalue weighted by atomic mass is 10.1. The Bertz CT molecular complexity index is 557. The highest BCUT2D eigenvalue weighted by Gasteiger charge is 1.99. The van der Waals surface area contributed by atoms with E-state index in [0.717, 1.165) is 16.1 Å². The summed E-state index contributed by atoms with van der Waals surface area (Å²) in [5.74, 6) is 0. The Morgan fingerprint density at radius 3 is 2.39 bits per heavy atom. The van der Waals surface area contributed by atoms with E-state index in [1.807, 2.05) is 36.4 Å². The van der Waals surface area contributed by atoms with Crippen molar-refractivity contribution in [3.05, 3.63) is 70.2 Å². The average molecular weight is 258 g/mol. The maximum absolute atomic E-state index is 8.69. The molecule has 0 N–H and O–H groups in total. The Morgan fingerprint density at radius 1 is 1.00 bits per heavy atom. The smallest absolute Gasteiger partial charge is 0.0991 e. The van der Waals surface area contributed by atoms with Gasteiger partial charge in [0.25, 0.3) is 0 Å². The minimum absolute atomic E-state index is 0.486. The first-order valence-corrected chi connectivity index (χ1v) is 5.97. The minimum atomic E-state index is 0.486. The summed E-state index contributed by atoms with van der Waals surface area (Å²) in [6.07, 6.45) is 0. The van der Waals surface area contributed by atoms with Crippen molar-refractivity contribution in [1.82, 2.24) is 0 Å². The molecule has 0 aliphatic rings. The number of nitriles is 1. The van der Waals surface area contributed by atoms with Crippen LogP contribution >= 0.6 is 11.6 Å². The lowest BCUT2D eigenvalue weighted by Crippen LogP contribution is -1.94. The molecule has 2 rings (SSSR count). The molecule has 0 saturated heterocycles. The number of hydrogen-bond donors (Lipinski definition) is 0. The molecule has 18 heavy (non-hydrogen) atoms. The van der Waals surface area contributed by atoms with Crippen LogP contribution in [0.3, 0.4) is 0 Å². The van der Waals surface area contributed by atoms with Crippen LogP contribution in [0.4, 0.5) is 0 Å². The van der Waals surface area contributed by atoms with Gasteiger partial charge in [0.1, 0.15) is 0 Å². The third kappa shape index (κ3) is 3.33. The van der Waals surface area contributed by atoms with Crippen LogP contribution in [0.25, 0.3) is 0 Å². The van der Waals surface area contributed by atoms with E-state index < -0.39 is 0 Å². The second-order valence-electron chi connectivity index (χ2n) is 3.89. The highest BCUT2D eigenvalue weighted by atomic mass is 35.5. The van der Waals surface area contributed by atoms with Gasteiger partial charge in [-0.2, -0.15) is 5.26 Å². The number of ether oxygens (including phenoxy) is 1. The highest BCUT2D eigenvalue weighted by molar-refractivity contribution is 6.31. The number of hydrogen-bond acceptors (Lipinski definition) is 2. The summed E-state index contributed by atoms with van der Waals surface area (Å²) < 4.78 is 5.59. The predicted molar refractivity (Wildman–Crippen MR) is 71.1 cm³/mol. The monoisotopic (exact) mass is 257 g/mol. The van der Waals surface area contributed by atoms with Gasteiger partial charge in [-0.3, -0.25) is 0 Å². The molecule has 0 atom stereocenters. The topological polar surface area (TPSA) is 33.0 Å². The second-order valence-corrected chi connectivity index (χ2v) is 4.30. The summed E-state index contributed by atoms with van der Waals surface area (Å²) >= 11 is 6.03. The van der Waals surface area contributed by atoms with Gasteiger partial charge < -0.3 is 4.74 Å². The third-order valence-corrected chi connectivity index (χ3v) is 2.94. The molecular formula is C15H12ClNO. The molecule has 0 heterocycles. The summed E-state index contributed by atoms with van der Waals surface area (Å²) in [5.41, 5.74) is 2.68. The van der Waals surface area contributed by atoms with Gasteiger partial charge >= 0.3 is 0 Å². The van der Waals surface area contributed by atoms with Crippen LogP contribution in [0.5, 0.6) is 0 Å². The van der Waals surface area contributed by atoms with Crippen LogP contribution in [0.1, 0.15) is 16.7 Å². The molecule has 2 nitrogen and oxygen atoms in total. The number of nitrogens with zero attached hydrogens (tertiary/aromatic N) is 1. The first kappa shape index (κ1) is 12.6. The van der Waals surface area contributed by atoms with E-state index in [-0.39, 0.29) is 0 Å². The molecule has 2 aromatic carbocycles. The Hall–Kier alpha value is -1.82. The summed E-state index contributed by atoms with van der Waals surface area (Å²) in [5, 5.41) is 9.41. The largest absolute Gasteiger partial charge is 0.372 e. The maximum Gasteiger partial charge on any atom is 0.0991 e.